The number of rotatable bonds is 22. The van der Waals surface area contributed by atoms with E-state index in [2.05, 4.69) is 134 Å². The molecule has 0 unspecified atom stereocenters. The maximum absolute atomic E-state index is 13.1. The molecule has 0 aliphatic rings. The molecule has 0 saturated carbocycles. The molecule has 0 radical (unpaired) electrons. The monoisotopic (exact) mass is 1070 g/mol. The van der Waals surface area contributed by atoms with E-state index >= 15 is 0 Å². The Labute approximate surface area is 443 Å². The molecule has 0 N–H and O–H groups in total. The van der Waals surface area contributed by atoms with Gasteiger partial charge in [-0.15, -0.1) is 90.7 Å². The third-order valence-electron chi connectivity index (χ3n) is 12.0. The van der Waals surface area contributed by atoms with Crippen molar-refractivity contribution in [3.05, 3.63) is 151 Å². The maximum Gasteiger partial charge on any atom is 0.339 e. The molecule has 0 aliphatic heterocycles. The van der Waals surface area contributed by atoms with Gasteiger partial charge in [-0.1, -0.05) is 88.8 Å². The summed E-state index contributed by atoms with van der Waals surface area (Å²) in [4.78, 5) is 42.3. The largest absolute Gasteiger partial charge is 0.465 e. The van der Waals surface area contributed by atoms with Crippen molar-refractivity contribution >= 4 is 127 Å². The van der Waals surface area contributed by atoms with E-state index in [1.165, 1.54) is 116 Å². The van der Waals surface area contributed by atoms with Crippen LogP contribution in [-0.2, 0) is 22.3 Å². The first kappa shape index (κ1) is 50.2. The van der Waals surface area contributed by atoms with Gasteiger partial charge in [0, 0.05) is 58.5 Å². The van der Waals surface area contributed by atoms with Crippen molar-refractivity contribution in [3.63, 3.8) is 0 Å². The smallest absolute Gasteiger partial charge is 0.339 e. The Hall–Kier alpha value is -4.76. The standard InChI is InChI=1S/C58H54O4S8/c1-5-7-9-11-13-39-31-33-63-53(39)49-27-23-45(67-49)47-25-29-51(69-47)55-43(57(59)61-3)35-41(65-55)21-19-37-15-17-38(18-16-37)20-22-42-36-44(58(60)62-4)56(66-42)52-30-26-48(70-52)46-24-28-50(68-46)54-40(32-34-64-54)14-12-10-8-6-2/h15-36H,5-14H2,1-4H3/b21-19+,22-20+. The number of carbonyl (C=O) groups is 2. The molecular formula is C58H54O4S8. The van der Waals surface area contributed by atoms with Gasteiger partial charge in [-0.25, -0.2) is 9.59 Å². The third-order valence-corrected chi connectivity index (χ3v) is 21.6. The van der Waals surface area contributed by atoms with Gasteiger partial charge < -0.3 is 9.47 Å². The van der Waals surface area contributed by atoms with Crippen LogP contribution in [0.4, 0.5) is 0 Å². The summed E-state index contributed by atoms with van der Waals surface area (Å²) in [6.45, 7) is 4.52. The van der Waals surface area contributed by atoms with Crippen molar-refractivity contribution < 1.29 is 19.1 Å². The summed E-state index contributed by atoms with van der Waals surface area (Å²) in [6, 6.07) is 34.4. The maximum atomic E-state index is 13.1. The number of thiophene rings is 8. The lowest BCUT2D eigenvalue weighted by Crippen LogP contribution is -2.00. The van der Waals surface area contributed by atoms with Crippen LogP contribution in [-0.4, -0.2) is 26.2 Å². The number of hydrogen-bond acceptors (Lipinski definition) is 12. The molecule has 12 heteroatoms. The summed E-state index contributed by atoms with van der Waals surface area (Å²) < 4.78 is 10.5. The fraction of sp³-hybridized carbons (Fsp3) is 0.241. The molecule has 0 amide bonds. The molecular weight excluding hydrogens is 1020 g/mol. The summed E-state index contributed by atoms with van der Waals surface area (Å²) in [5.41, 5.74) is 6.17. The number of unbranched alkanes of at least 4 members (excludes halogenated alkanes) is 6. The van der Waals surface area contributed by atoms with Crippen LogP contribution in [0.1, 0.15) is 118 Å². The Morgan fingerprint density at radius 3 is 1.13 bits per heavy atom. The number of aryl methyl sites for hydroxylation is 2. The van der Waals surface area contributed by atoms with E-state index in [0.29, 0.717) is 11.1 Å². The zero-order valence-electron chi connectivity index (χ0n) is 39.7. The normalized spacial score (nSPS) is 11.7. The number of benzene rings is 1. The van der Waals surface area contributed by atoms with Gasteiger partial charge in [-0.3, -0.25) is 0 Å². The molecule has 0 spiro atoms. The highest BCUT2D eigenvalue weighted by atomic mass is 32.1. The number of hydrogen-bond donors (Lipinski definition) is 0. The van der Waals surface area contributed by atoms with Crippen molar-refractivity contribution in [3.8, 4) is 58.5 Å². The summed E-state index contributed by atoms with van der Waals surface area (Å²) in [7, 11) is 2.88. The number of carbonyl (C=O) groups excluding carboxylic acids is 2. The van der Waals surface area contributed by atoms with E-state index in [9.17, 15) is 9.59 Å². The van der Waals surface area contributed by atoms with Gasteiger partial charge in [0.2, 0.25) is 0 Å². The van der Waals surface area contributed by atoms with Crippen LogP contribution in [0.25, 0.3) is 82.8 Å². The SMILES string of the molecule is CCCCCCc1ccsc1-c1ccc(-c2ccc(-c3sc(/C=C/c4ccc(/C=C/c5cc(C(=O)OC)c(-c6ccc(-c7ccc(-c8sccc8CCCCCC)s7)s6)s5)cc4)cc3C(=O)OC)s2)s1. The highest BCUT2D eigenvalue weighted by Crippen LogP contribution is 2.47. The lowest BCUT2D eigenvalue weighted by molar-refractivity contribution is 0.0593. The number of ether oxygens (including phenoxy) is 2. The second-order valence-corrected chi connectivity index (χ2v) is 25.3. The molecule has 0 fully saturated rings. The van der Waals surface area contributed by atoms with Gasteiger partial charge in [0.1, 0.15) is 0 Å². The van der Waals surface area contributed by atoms with Crippen LogP contribution < -0.4 is 0 Å². The predicted molar refractivity (Wildman–Crippen MR) is 311 cm³/mol. The molecule has 70 heavy (non-hydrogen) atoms. The Balaban J connectivity index is 0.860. The van der Waals surface area contributed by atoms with Gasteiger partial charge in [0.15, 0.2) is 0 Å². The Kier molecular flexibility index (Phi) is 17.3. The minimum Gasteiger partial charge on any atom is -0.465 e. The molecule has 1 aromatic carbocycles. The third kappa shape index (κ3) is 11.9. The van der Waals surface area contributed by atoms with E-state index < -0.39 is 0 Å². The second kappa shape index (κ2) is 24.1. The first-order valence-corrected chi connectivity index (χ1v) is 30.4. The Bertz CT molecular complexity index is 3010. The van der Waals surface area contributed by atoms with Crippen molar-refractivity contribution in [2.75, 3.05) is 14.2 Å². The summed E-state index contributed by atoms with van der Waals surface area (Å²) >= 11 is 14.0. The molecule has 0 saturated heterocycles. The van der Waals surface area contributed by atoms with E-state index in [1.807, 2.05) is 57.5 Å². The average Bonchev–Trinajstić information content (AvgIpc) is 4.23. The lowest BCUT2D eigenvalue weighted by Gasteiger charge is -2.02. The van der Waals surface area contributed by atoms with Crippen LogP contribution in [0.3, 0.4) is 0 Å². The summed E-state index contributed by atoms with van der Waals surface area (Å²) in [5.74, 6) is -0.667. The van der Waals surface area contributed by atoms with E-state index in [1.54, 1.807) is 45.3 Å². The van der Waals surface area contributed by atoms with Crippen molar-refractivity contribution in [2.45, 2.75) is 78.1 Å². The molecule has 8 heterocycles. The quantitative estimate of drug-likeness (QED) is 0.0501. The van der Waals surface area contributed by atoms with Gasteiger partial charge in [-0.05, 0) is 144 Å². The van der Waals surface area contributed by atoms with E-state index in [0.717, 1.165) is 53.2 Å². The second-order valence-electron chi connectivity index (χ2n) is 16.9. The van der Waals surface area contributed by atoms with Crippen LogP contribution in [0.15, 0.2) is 108 Å². The van der Waals surface area contributed by atoms with Crippen molar-refractivity contribution in [1.82, 2.24) is 0 Å². The van der Waals surface area contributed by atoms with Crippen LogP contribution >= 0.6 is 90.7 Å². The van der Waals surface area contributed by atoms with Crippen molar-refractivity contribution in [1.29, 1.82) is 0 Å². The first-order chi connectivity index (χ1) is 34.3. The average molecular weight is 1070 g/mol. The zero-order valence-corrected chi connectivity index (χ0v) is 46.2. The topological polar surface area (TPSA) is 52.6 Å². The fourth-order valence-electron chi connectivity index (χ4n) is 8.30. The molecule has 0 atom stereocenters. The first-order valence-electron chi connectivity index (χ1n) is 23.8. The zero-order chi connectivity index (χ0) is 48.4. The molecule has 8 aromatic heterocycles. The van der Waals surface area contributed by atoms with Crippen LogP contribution in [0.2, 0.25) is 0 Å². The minimum atomic E-state index is -0.334. The highest BCUT2D eigenvalue weighted by molar-refractivity contribution is 7.29. The van der Waals surface area contributed by atoms with Gasteiger partial charge in [-0.2, -0.15) is 0 Å². The predicted octanol–water partition coefficient (Wildman–Crippen LogP) is 20.3. The van der Waals surface area contributed by atoms with Gasteiger partial charge >= 0.3 is 11.9 Å². The molecule has 358 valence electrons. The summed E-state index contributed by atoms with van der Waals surface area (Å²) in [6.07, 6.45) is 20.7. The minimum absolute atomic E-state index is 0.334. The number of esters is 2. The molecule has 4 nitrogen and oxygen atoms in total. The van der Waals surface area contributed by atoms with E-state index in [4.69, 9.17) is 9.47 Å². The van der Waals surface area contributed by atoms with Crippen LogP contribution in [0.5, 0.6) is 0 Å². The molecule has 0 bridgehead atoms. The molecule has 9 rings (SSSR count). The Morgan fingerprint density at radius 1 is 0.414 bits per heavy atom. The van der Waals surface area contributed by atoms with Gasteiger partial charge in [0.25, 0.3) is 0 Å². The number of methoxy groups -OCH3 is 2. The molecule has 9 aromatic rings. The van der Waals surface area contributed by atoms with Crippen molar-refractivity contribution in [2.24, 2.45) is 0 Å². The molecule has 0 aliphatic carbocycles. The van der Waals surface area contributed by atoms with Gasteiger partial charge in [0.05, 0.1) is 35.1 Å². The lowest BCUT2D eigenvalue weighted by atomic mass is 10.1. The fourth-order valence-corrected chi connectivity index (χ4v) is 17.1. The highest BCUT2D eigenvalue weighted by Gasteiger charge is 2.22. The van der Waals surface area contributed by atoms with E-state index in [-0.39, 0.29) is 11.9 Å². The Morgan fingerprint density at radius 2 is 0.771 bits per heavy atom. The summed E-state index contributed by atoms with van der Waals surface area (Å²) in [5, 5.41) is 4.45. The van der Waals surface area contributed by atoms with Crippen LogP contribution in [0, 0.1) is 0 Å².